The smallest absolute Gasteiger partial charge is 0.150 e. The van der Waals surface area contributed by atoms with Gasteiger partial charge in [-0.1, -0.05) is 25.6 Å². The summed E-state index contributed by atoms with van der Waals surface area (Å²) >= 11 is 3.17. The van der Waals surface area contributed by atoms with Gasteiger partial charge in [0.05, 0.1) is 6.61 Å². The Morgan fingerprint density at radius 2 is 2.33 bits per heavy atom. The molecule has 0 radical (unpaired) electrons. The van der Waals surface area contributed by atoms with E-state index in [1.165, 1.54) is 0 Å². The highest BCUT2D eigenvalue weighted by atomic mass is 32.2. The van der Waals surface area contributed by atoms with Crippen LogP contribution in [0.3, 0.4) is 0 Å². The Hall–Kier alpha value is -0.100. The highest BCUT2D eigenvalue weighted by Crippen LogP contribution is 2.28. The van der Waals surface area contributed by atoms with E-state index >= 15 is 0 Å². The molecule has 1 rings (SSSR count). The fourth-order valence-electron chi connectivity index (χ4n) is 1.35. The number of aliphatic hydroxyl groups is 1. The second kappa shape index (κ2) is 6.48. The van der Waals surface area contributed by atoms with Crippen LogP contribution in [-0.4, -0.2) is 28.0 Å². The highest BCUT2D eigenvalue weighted by Gasteiger charge is 2.20. The van der Waals surface area contributed by atoms with Crippen LogP contribution in [0, 0.1) is 5.92 Å². The Kier molecular flexibility index (Phi) is 5.60. The molecule has 15 heavy (non-hydrogen) atoms. The van der Waals surface area contributed by atoms with E-state index in [4.69, 9.17) is 5.73 Å². The summed E-state index contributed by atoms with van der Waals surface area (Å²) in [4.78, 5) is 4.18. The van der Waals surface area contributed by atoms with E-state index in [-0.39, 0.29) is 17.9 Å². The Morgan fingerprint density at radius 3 is 2.80 bits per heavy atom. The molecule has 0 fully saturated rings. The van der Waals surface area contributed by atoms with E-state index in [1.54, 1.807) is 29.3 Å². The van der Waals surface area contributed by atoms with Gasteiger partial charge in [0.2, 0.25) is 0 Å². The van der Waals surface area contributed by atoms with Gasteiger partial charge in [-0.25, -0.2) is 4.98 Å². The molecule has 3 N–H and O–H groups in total. The van der Waals surface area contributed by atoms with Crippen LogP contribution in [0.1, 0.15) is 20.3 Å². The standard InChI is InChI=1S/C10H18N2OS2/c1-7(2)5-8(11)9(6-13)15-10-12-3-4-14-10/h3-4,7-9,13H,5-6,11H2,1-2H3. The van der Waals surface area contributed by atoms with E-state index < -0.39 is 0 Å². The fourth-order valence-corrected chi connectivity index (χ4v) is 3.21. The number of thioether (sulfide) groups is 1. The third-order valence-corrected chi connectivity index (χ3v) is 4.31. The van der Waals surface area contributed by atoms with Gasteiger partial charge in [0, 0.05) is 22.9 Å². The van der Waals surface area contributed by atoms with Crippen molar-refractivity contribution in [3.8, 4) is 0 Å². The van der Waals surface area contributed by atoms with Crippen molar-refractivity contribution in [2.24, 2.45) is 11.7 Å². The van der Waals surface area contributed by atoms with Crippen LogP contribution in [0.5, 0.6) is 0 Å². The van der Waals surface area contributed by atoms with Crippen molar-refractivity contribution < 1.29 is 5.11 Å². The third kappa shape index (κ3) is 4.51. The average molecular weight is 246 g/mol. The van der Waals surface area contributed by atoms with Crippen molar-refractivity contribution in [1.29, 1.82) is 0 Å². The van der Waals surface area contributed by atoms with Crippen molar-refractivity contribution in [3.63, 3.8) is 0 Å². The number of hydrogen-bond acceptors (Lipinski definition) is 5. The summed E-state index contributed by atoms with van der Waals surface area (Å²) in [7, 11) is 0. The maximum Gasteiger partial charge on any atom is 0.150 e. The van der Waals surface area contributed by atoms with E-state index in [0.717, 1.165) is 10.8 Å². The van der Waals surface area contributed by atoms with Crippen molar-refractivity contribution >= 4 is 23.1 Å². The molecular weight excluding hydrogens is 228 g/mol. The molecule has 0 aromatic carbocycles. The molecule has 0 spiro atoms. The monoisotopic (exact) mass is 246 g/mol. The number of thiazole rings is 1. The molecule has 3 nitrogen and oxygen atoms in total. The number of aliphatic hydroxyl groups excluding tert-OH is 1. The fraction of sp³-hybridized carbons (Fsp3) is 0.700. The highest BCUT2D eigenvalue weighted by molar-refractivity contribution is 8.01. The molecule has 0 aliphatic carbocycles. The Morgan fingerprint density at radius 1 is 1.60 bits per heavy atom. The number of rotatable bonds is 6. The van der Waals surface area contributed by atoms with Crippen molar-refractivity contribution in [1.82, 2.24) is 4.98 Å². The molecule has 86 valence electrons. The summed E-state index contributed by atoms with van der Waals surface area (Å²) in [5, 5.41) is 11.3. The Labute approximate surface area is 99.1 Å². The van der Waals surface area contributed by atoms with Gasteiger partial charge in [-0.15, -0.1) is 11.3 Å². The van der Waals surface area contributed by atoms with Crippen LogP contribution in [0.25, 0.3) is 0 Å². The first-order valence-electron chi connectivity index (χ1n) is 5.06. The zero-order chi connectivity index (χ0) is 11.3. The number of hydrogen-bond donors (Lipinski definition) is 2. The number of nitrogens with two attached hydrogens (primary N) is 1. The molecule has 2 atom stereocenters. The summed E-state index contributed by atoms with van der Waals surface area (Å²) in [6.07, 6.45) is 2.71. The Bertz CT molecular complexity index is 264. The third-order valence-electron chi connectivity index (χ3n) is 2.06. The lowest BCUT2D eigenvalue weighted by molar-refractivity contribution is 0.275. The molecule has 0 aliphatic rings. The number of aromatic nitrogens is 1. The summed E-state index contributed by atoms with van der Waals surface area (Å²) in [6.45, 7) is 4.39. The summed E-state index contributed by atoms with van der Waals surface area (Å²) in [6, 6.07) is 0.0314. The van der Waals surface area contributed by atoms with Gasteiger partial charge in [-0.2, -0.15) is 0 Å². The van der Waals surface area contributed by atoms with Gasteiger partial charge in [-0.05, 0) is 12.3 Å². The predicted molar refractivity (Wildman–Crippen MR) is 66.3 cm³/mol. The zero-order valence-electron chi connectivity index (χ0n) is 9.09. The van der Waals surface area contributed by atoms with Crippen LogP contribution >= 0.6 is 23.1 Å². The molecule has 0 saturated carbocycles. The van der Waals surface area contributed by atoms with Gasteiger partial charge < -0.3 is 10.8 Å². The van der Waals surface area contributed by atoms with Gasteiger partial charge >= 0.3 is 0 Å². The second-order valence-electron chi connectivity index (χ2n) is 3.93. The summed E-state index contributed by atoms with van der Waals surface area (Å²) in [5.74, 6) is 0.561. The lowest BCUT2D eigenvalue weighted by Gasteiger charge is -2.21. The molecule has 0 amide bonds. The molecule has 0 bridgehead atoms. The molecule has 0 aliphatic heterocycles. The second-order valence-corrected chi connectivity index (χ2v) is 6.31. The molecule has 1 aromatic rings. The van der Waals surface area contributed by atoms with E-state index in [0.29, 0.717) is 5.92 Å². The molecule has 2 unspecified atom stereocenters. The normalized spacial score (nSPS) is 15.5. The van der Waals surface area contributed by atoms with Crippen LogP contribution < -0.4 is 5.73 Å². The van der Waals surface area contributed by atoms with Crippen molar-refractivity contribution in [2.45, 2.75) is 35.9 Å². The first-order chi connectivity index (χ1) is 7.13. The topological polar surface area (TPSA) is 59.1 Å². The van der Waals surface area contributed by atoms with E-state index in [1.807, 2.05) is 5.38 Å². The van der Waals surface area contributed by atoms with E-state index in [9.17, 15) is 5.11 Å². The predicted octanol–water partition coefficient (Wildman–Crippen LogP) is 1.97. The lowest BCUT2D eigenvalue weighted by Crippen LogP contribution is -2.36. The van der Waals surface area contributed by atoms with Gasteiger partial charge in [0.25, 0.3) is 0 Å². The lowest BCUT2D eigenvalue weighted by atomic mass is 10.0. The quantitative estimate of drug-likeness (QED) is 0.753. The minimum atomic E-state index is 0.0314. The molecule has 0 saturated heterocycles. The van der Waals surface area contributed by atoms with Crippen LogP contribution in [0.4, 0.5) is 0 Å². The molecule has 1 aromatic heterocycles. The van der Waals surface area contributed by atoms with Crippen LogP contribution in [0.15, 0.2) is 15.9 Å². The number of nitrogens with zero attached hydrogens (tertiary/aromatic N) is 1. The van der Waals surface area contributed by atoms with Crippen LogP contribution in [0.2, 0.25) is 0 Å². The van der Waals surface area contributed by atoms with Crippen molar-refractivity contribution in [3.05, 3.63) is 11.6 Å². The van der Waals surface area contributed by atoms with Gasteiger partial charge in [-0.3, -0.25) is 0 Å². The minimum absolute atomic E-state index is 0.0314. The first-order valence-corrected chi connectivity index (χ1v) is 6.82. The molecule has 1 heterocycles. The Balaban J connectivity index is 2.48. The first kappa shape index (κ1) is 13.0. The SMILES string of the molecule is CC(C)CC(N)C(CO)Sc1nccs1. The largest absolute Gasteiger partial charge is 0.395 e. The molecular formula is C10H18N2OS2. The average Bonchev–Trinajstić information content (AvgIpc) is 2.65. The molecule has 5 heteroatoms. The van der Waals surface area contributed by atoms with E-state index in [2.05, 4.69) is 18.8 Å². The van der Waals surface area contributed by atoms with Crippen molar-refractivity contribution in [2.75, 3.05) is 6.61 Å². The van der Waals surface area contributed by atoms with Gasteiger partial charge in [0.15, 0.2) is 0 Å². The summed E-state index contributed by atoms with van der Waals surface area (Å²) in [5.41, 5.74) is 6.04. The maximum absolute atomic E-state index is 9.28. The maximum atomic E-state index is 9.28. The summed E-state index contributed by atoms with van der Waals surface area (Å²) < 4.78 is 0.980. The van der Waals surface area contributed by atoms with Gasteiger partial charge in [0.1, 0.15) is 4.34 Å². The zero-order valence-corrected chi connectivity index (χ0v) is 10.7. The van der Waals surface area contributed by atoms with Crippen LogP contribution in [-0.2, 0) is 0 Å². The minimum Gasteiger partial charge on any atom is -0.395 e.